The summed E-state index contributed by atoms with van der Waals surface area (Å²) < 4.78 is 10.7. The highest BCUT2D eigenvalue weighted by molar-refractivity contribution is 5.77. The molecule has 1 saturated carbocycles. The zero-order valence-electron chi connectivity index (χ0n) is 10.5. The number of hydrogen-bond donors (Lipinski definition) is 1. The topological polar surface area (TPSA) is 61.6 Å². The van der Waals surface area contributed by atoms with Crippen LogP contribution in [-0.4, -0.2) is 32.3 Å². The van der Waals surface area contributed by atoms with Gasteiger partial charge in [0.25, 0.3) is 0 Å². The highest BCUT2D eigenvalue weighted by atomic mass is 16.5. The van der Waals surface area contributed by atoms with E-state index < -0.39 is 5.41 Å². The lowest BCUT2D eigenvalue weighted by Crippen LogP contribution is -2.44. The fourth-order valence-corrected chi connectivity index (χ4v) is 2.51. The van der Waals surface area contributed by atoms with Crippen LogP contribution in [0.3, 0.4) is 0 Å². The minimum Gasteiger partial charge on any atom is -0.465 e. The molecule has 1 aliphatic heterocycles. The Morgan fingerprint density at radius 2 is 2.06 bits per heavy atom. The second-order valence-corrected chi connectivity index (χ2v) is 5.32. The molecule has 2 fully saturated rings. The molecule has 2 N–H and O–H groups in total. The molecular formula is C13H23NO3. The molecule has 0 aromatic heterocycles. The second-order valence-electron chi connectivity index (χ2n) is 5.32. The molecule has 0 aromatic carbocycles. The van der Waals surface area contributed by atoms with Crippen molar-refractivity contribution in [1.82, 2.24) is 0 Å². The molecule has 0 amide bonds. The predicted octanol–water partition coefficient (Wildman–Crippen LogP) is 1.48. The minimum atomic E-state index is -0.474. The number of esters is 1. The molecule has 17 heavy (non-hydrogen) atoms. The average Bonchev–Trinajstić information content (AvgIpc) is 2.33. The number of carbonyl (C=O) groups excluding carboxylic acids is 1. The molecule has 0 radical (unpaired) electrons. The Labute approximate surface area is 103 Å². The summed E-state index contributed by atoms with van der Waals surface area (Å²) in [5.74, 6) is 0.675. The summed E-state index contributed by atoms with van der Waals surface area (Å²) in [5, 5.41) is 0. The third-order valence-corrected chi connectivity index (χ3v) is 4.26. The molecule has 0 unspecified atom stereocenters. The average molecular weight is 241 g/mol. The van der Waals surface area contributed by atoms with Crippen molar-refractivity contribution in [2.75, 3.05) is 26.4 Å². The fourth-order valence-electron chi connectivity index (χ4n) is 2.51. The van der Waals surface area contributed by atoms with Crippen LogP contribution in [0.25, 0.3) is 0 Å². The monoisotopic (exact) mass is 241 g/mol. The van der Waals surface area contributed by atoms with Crippen molar-refractivity contribution in [2.24, 2.45) is 17.1 Å². The van der Waals surface area contributed by atoms with Crippen LogP contribution < -0.4 is 5.73 Å². The van der Waals surface area contributed by atoms with Gasteiger partial charge in [0.15, 0.2) is 0 Å². The zero-order valence-corrected chi connectivity index (χ0v) is 10.5. The maximum absolute atomic E-state index is 12.1. The van der Waals surface area contributed by atoms with Crippen LogP contribution in [0.15, 0.2) is 0 Å². The number of hydrogen-bond acceptors (Lipinski definition) is 4. The summed E-state index contributed by atoms with van der Waals surface area (Å²) in [4.78, 5) is 12.1. The molecule has 1 aliphatic carbocycles. The van der Waals surface area contributed by atoms with Crippen molar-refractivity contribution in [2.45, 2.75) is 38.5 Å². The number of rotatable bonds is 5. The third-order valence-electron chi connectivity index (χ3n) is 4.26. The molecule has 1 heterocycles. The van der Waals surface area contributed by atoms with Gasteiger partial charge in [-0.3, -0.25) is 4.79 Å². The molecule has 98 valence electrons. The molecule has 2 rings (SSSR count). The molecule has 0 bridgehead atoms. The molecule has 4 nitrogen and oxygen atoms in total. The predicted molar refractivity (Wildman–Crippen MR) is 64.5 cm³/mol. The van der Waals surface area contributed by atoms with Gasteiger partial charge in [0.05, 0.1) is 12.0 Å². The largest absolute Gasteiger partial charge is 0.465 e. The molecule has 2 aliphatic rings. The normalized spacial score (nSPS) is 24.1. The highest BCUT2D eigenvalue weighted by Crippen LogP contribution is 2.32. The Morgan fingerprint density at radius 3 is 2.59 bits per heavy atom. The van der Waals surface area contributed by atoms with E-state index in [0.29, 0.717) is 39.2 Å². The number of carbonyl (C=O) groups is 1. The van der Waals surface area contributed by atoms with Crippen molar-refractivity contribution in [3.05, 3.63) is 0 Å². The standard InChI is InChI=1S/C13H23NO3/c14-10-13(5-8-16-9-6-13)12(15)17-7-4-11-2-1-3-11/h11H,1-10,14H2. The Morgan fingerprint density at radius 1 is 1.35 bits per heavy atom. The van der Waals surface area contributed by atoms with Crippen LogP contribution in [-0.2, 0) is 14.3 Å². The van der Waals surface area contributed by atoms with Gasteiger partial charge in [-0.2, -0.15) is 0 Å². The van der Waals surface area contributed by atoms with Crippen LogP contribution >= 0.6 is 0 Å². The molecule has 1 saturated heterocycles. The van der Waals surface area contributed by atoms with Gasteiger partial charge in [0.2, 0.25) is 0 Å². The lowest BCUT2D eigenvalue weighted by Gasteiger charge is -2.34. The first-order chi connectivity index (χ1) is 8.27. The fraction of sp³-hybridized carbons (Fsp3) is 0.923. The van der Waals surface area contributed by atoms with Crippen LogP contribution in [0, 0.1) is 11.3 Å². The van der Waals surface area contributed by atoms with Gasteiger partial charge >= 0.3 is 5.97 Å². The summed E-state index contributed by atoms with van der Waals surface area (Å²) in [7, 11) is 0. The number of nitrogens with two attached hydrogens (primary N) is 1. The smallest absolute Gasteiger partial charge is 0.313 e. The van der Waals surface area contributed by atoms with Gasteiger partial charge < -0.3 is 15.2 Å². The molecule has 0 spiro atoms. The van der Waals surface area contributed by atoms with E-state index in [1.807, 2.05) is 0 Å². The van der Waals surface area contributed by atoms with Crippen molar-refractivity contribution < 1.29 is 14.3 Å². The maximum Gasteiger partial charge on any atom is 0.313 e. The molecule has 0 atom stereocenters. The Hall–Kier alpha value is -0.610. The van der Waals surface area contributed by atoms with E-state index in [4.69, 9.17) is 15.2 Å². The summed E-state index contributed by atoms with van der Waals surface area (Å²) >= 11 is 0. The maximum atomic E-state index is 12.1. The Bertz CT molecular complexity index is 257. The van der Waals surface area contributed by atoms with Gasteiger partial charge in [-0.25, -0.2) is 0 Å². The zero-order chi connectivity index (χ0) is 12.1. The quantitative estimate of drug-likeness (QED) is 0.740. The number of ether oxygens (including phenoxy) is 2. The van der Waals surface area contributed by atoms with Crippen molar-refractivity contribution in [3.63, 3.8) is 0 Å². The van der Waals surface area contributed by atoms with Crippen LogP contribution in [0.1, 0.15) is 38.5 Å². The second kappa shape index (κ2) is 5.83. The highest BCUT2D eigenvalue weighted by Gasteiger charge is 2.40. The van der Waals surface area contributed by atoms with E-state index in [1.165, 1.54) is 19.3 Å². The van der Waals surface area contributed by atoms with Crippen LogP contribution in [0.4, 0.5) is 0 Å². The van der Waals surface area contributed by atoms with Crippen molar-refractivity contribution >= 4 is 5.97 Å². The van der Waals surface area contributed by atoms with Gasteiger partial charge in [-0.05, 0) is 25.2 Å². The van der Waals surface area contributed by atoms with Crippen molar-refractivity contribution in [3.8, 4) is 0 Å². The van der Waals surface area contributed by atoms with Crippen molar-refractivity contribution in [1.29, 1.82) is 0 Å². The molecule has 4 heteroatoms. The Balaban J connectivity index is 1.75. The van der Waals surface area contributed by atoms with Gasteiger partial charge in [-0.1, -0.05) is 19.3 Å². The SMILES string of the molecule is NCC1(C(=O)OCCC2CCC2)CCOCC1. The molecule has 0 aromatic rings. The Kier molecular flexibility index (Phi) is 4.40. The third kappa shape index (κ3) is 2.99. The van der Waals surface area contributed by atoms with Crippen LogP contribution in [0.2, 0.25) is 0 Å². The first-order valence-electron chi connectivity index (χ1n) is 6.72. The molecular weight excluding hydrogens is 218 g/mol. The first-order valence-corrected chi connectivity index (χ1v) is 6.72. The van der Waals surface area contributed by atoms with E-state index in [9.17, 15) is 4.79 Å². The summed E-state index contributed by atoms with van der Waals surface area (Å²) in [6.45, 7) is 2.18. The van der Waals surface area contributed by atoms with E-state index in [-0.39, 0.29) is 5.97 Å². The first kappa shape index (κ1) is 12.8. The summed E-state index contributed by atoms with van der Waals surface area (Å²) in [5.41, 5.74) is 5.28. The van der Waals surface area contributed by atoms with Gasteiger partial charge in [-0.15, -0.1) is 0 Å². The van der Waals surface area contributed by atoms with E-state index in [0.717, 1.165) is 12.3 Å². The van der Waals surface area contributed by atoms with E-state index in [2.05, 4.69) is 0 Å². The van der Waals surface area contributed by atoms with Gasteiger partial charge in [0, 0.05) is 19.8 Å². The summed E-state index contributed by atoms with van der Waals surface area (Å²) in [6, 6.07) is 0. The summed E-state index contributed by atoms with van der Waals surface area (Å²) in [6.07, 6.45) is 6.35. The minimum absolute atomic E-state index is 0.109. The lowest BCUT2D eigenvalue weighted by molar-refractivity contribution is -0.161. The van der Waals surface area contributed by atoms with E-state index in [1.54, 1.807) is 0 Å². The van der Waals surface area contributed by atoms with Crippen LogP contribution in [0.5, 0.6) is 0 Å². The lowest BCUT2D eigenvalue weighted by atomic mass is 9.80. The van der Waals surface area contributed by atoms with E-state index >= 15 is 0 Å². The van der Waals surface area contributed by atoms with Gasteiger partial charge in [0.1, 0.15) is 0 Å².